The van der Waals surface area contributed by atoms with Gasteiger partial charge in [-0.3, -0.25) is 10.1 Å². The molecule has 2 atom stereocenters. The van der Waals surface area contributed by atoms with Gasteiger partial charge in [-0.05, 0) is 64.0 Å². The Balaban J connectivity index is 1.87. The molecule has 54 heavy (non-hydrogen) atoms. The molecular formula is C41H64N8O3S2. The number of carbonyl (C=O) groups excluding carboxylic acids is 1. The summed E-state index contributed by atoms with van der Waals surface area (Å²) in [7, 11) is 0. The highest BCUT2D eigenvalue weighted by Gasteiger charge is 2.24. The summed E-state index contributed by atoms with van der Waals surface area (Å²) < 4.78 is 12.0. The van der Waals surface area contributed by atoms with E-state index in [9.17, 15) is 4.79 Å². The van der Waals surface area contributed by atoms with Crippen molar-refractivity contribution in [2.75, 3.05) is 63.1 Å². The minimum absolute atomic E-state index is 0.120. The predicted octanol–water partition coefficient (Wildman–Crippen LogP) is 8.84. The summed E-state index contributed by atoms with van der Waals surface area (Å²) in [4.78, 5) is 18.0. The molecule has 0 aliphatic carbocycles. The Bertz CT molecular complexity index is 1440. The lowest BCUT2D eigenvalue weighted by molar-refractivity contribution is -0.120. The fraction of sp³-hybridized carbons (Fsp3) is 0.537. The highest BCUT2D eigenvalue weighted by molar-refractivity contribution is 7.15. The van der Waals surface area contributed by atoms with Crippen LogP contribution in [0.25, 0.3) is 0 Å². The Hall–Kier alpha value is -3.91. The molecule has 0 aromatic carbocycles. The zero-order valence-electron chi connectivity index (χ0n) is 33.6. The second-order valence-electron chi connectivity index (χ2n) is 12.7. The first-order valence-corrected chi connectivity index (χ1v) is 20.7. The van der Waals surface area contributed by atoms with Gasteiger partial charge in [0.15, 0.2) is 0 Å². The van der Waals surface area contributed by atoms with E-state index < -0.39 is 5.92 Å². The zero-order chi connectivity index (χ0) is 39.9. The Morgan fingerprint density at radius 1 is 0.704 bits per heavy atom. The number of aromatic nitrogens is 4. The molecule has 0 aliphatic rings. The molecule has 0 radical (unpaired) electrons. The van der Waals surface area contributed by atoms with Crippen molar-refractivity contribution in [3.63, 3.8) is 0 Å². The van der Waals surface area contributed by atoms with Gasteiger partial charge >= 0.3 is 0 Å². The molecular weight excluding hydrogens is 717 g/mol. The summed E-state index contributed by atoms with van der Waals surface area (Å²) in [5.74, 6) is 0.538. The molecule has 0 saturated heterocycles. The molecule has 0 aliphatic heterocycles. The number of allylic oxidation sites excluding steroid dienone is 4. The molecule has 0 saturated carbocycles. The van der Waals surface area contributed by atoms with Crippen molar-refractivity contribution >= 4 is 38.8 Å². The Kier molecular flexibility index (Phi) is 22.3. The maximum absolute atomic E-state index is 13.3. The minimum Gasteiger partial charge on any atom is -0.497 e. The van der Waals surface area contributed by atoms with Gasteiger partial charge < -0.3 is 24.6 Å². The molecule has 0 spiro atoms. The standard InChI is InChI=1S/C41H64N8O3S2/c1-12-33(13-2)35(28-51-30(9)24-26-48(16-5)17-6)32(11)42-40-46-44-37(53-40)22-20-21-23-38-45-47-41(54-38)43-39(50)36(34(14-3)15-4)29-52-31(10)25-27-49(18-7)19-8/h12-15,35-36H,1,3,9-11,16-29H2,2,4-8H3,(H,42,46)(H,43,47,50)/b33-13+,34-15+. The third-order valence-electron chi connectivity index (χ3n) is 9.25. The Morgan fingerprint density at radius 3 is 1.56 bits per heavy atom. The molecule has 2 aromatic rings. The number of hydrogen-bond donors (Lipinski definition) is 2. The summed E-state index contributed by atoms with van der Waals surface area (Å²) in [6, 6.07) is 0. The largest absolute Gasteiger partial charge is 0.497 e. The fourth-order valence-corrected chi connectivity index (χ4v) is 7.22. The number of rotatable bonds is 30. The van der Waals surface area contributed by atoms with E-state index in [0.717, 1.165) is 104 Å². The van der Waals surface area contributed by atoms with Gasteiger partial charge in [0.25, 0.3) is 0 Å². The van der Waals surface area contributed by atoms with Gasteiger partial charge in [0.2, 0.25) is 16.2 Å². The van der Waals surface area contributed by atoms with Gasteiger partial charge in [0.1, 0.15) is 16.6 Å². The van der Waals surface area contributed by atoms with E-state index in [1.807, 2.05) is 32.1 Å². The minimum atomic E-state index is -0.549. The number of nitrogens with one attached hydrogen (secondary N) is 2. The number of anilines is 2. The van der Waals surface area contributed by atoms with Crippen LogP contribution in [0.15, 0.2) is 85.6 Å². The normalized spacial score (nSPS) is 13.0. The van der Waals surface area contributed by atoms with Crippen molar-refractivity contribution in [2.45, 2.75) is 80.1 Å². The van der Waals surface area contributed by atoms with Crippen LogP contribution in [-0.4, -0.2) is 88.6 Å². The van der Waals surface area contributed by atoms with Crippen LogP contribution in [-0.2, 0) is 27.1 Å². The highest BCUT2D eigenvalue weighted by atomic mass is 32.1. The Morgan fingerprint density at radius 2 is 1.13 bits per heavy atom. The lowest BCUT2D eigenvalue weighted by atomic mass is 9.96. The van der Waals surface area contributed by atoms with Crippen LogP contribution in [0, 0.1) is 11.8 Å². The van der Waals surface area contributed by atoms with Gasteiger partial charge in [0, 0.05) is 44.5 Å². The number of hydrogen-bond acceptors (Lipinski definition) is 12. The van der Waals surface area contributed by atoms with Gasteiger partial charge in [-0.15, -0.1) is 20.4 Å². The van der Waals surface area contributed by atoms with Crippen LogP contribution < -0.4 is 10.6 Å². The van der Waals surface area contributed by atoms with Crippen LogP contribution in [0.4, 0.5) is 10.3 Å². The first-order valence-electron chi connectivity index (χ1n) is 19.1. The second kappa shape index (κ2) is 26.0. The van der Waals surface area contributed by atoms with Crippen molar-refractivity contribution in [2.24, 2.45) is 11.8 Å². The van der Waals surface area contributed by atoms with Gasteiger partial charge in [-0.1, -0.05) is 108 Å². The molecule has 2 unspecified atom stereocenters. The van der Waals surface area contributed by atoms with E-state index in [1.54, 1.807) is 6.08 Å². The number of ether oxygens (including phenoxy) is 2. The van der Waals surface area contributed by atoms with Crippen molar-refractivity contribution in [1.82, 2.24) is 30.2 Å². The van der Waals surface area contributed by atoms with Crippen LogP contribution >= 0.6 is 22.7 Å². The molecule has 11 nitrogen and oxygen atoms in total. The molecule has 2 heterocycles. The molecule has 2 aromatic heterocycles. The van der Waals surface area contributed by atoms with Crippen molar-refractivity contribution in [1.29, 1.82) is 0 Å². The Labute approximate surface area is 332 Å². The van der Waals surface area contributed by atoms with E-state index in [-0.39, 0.29) is 18.4 Å². The number of aryl methyl sites for hydroxylation is 2. The number of nitrogens with zero attached hydrogens (tertiary/aromatic N) is 6. The second-order valence-corrected chi connectivity index (χ2v) is 14.8. The van der Waals surface area contributed by atoms with Gasteiger partial charge in [-0.2, -0.15) is 0 Å². The van der Waals surface area contributed by atoms with E-state index in [1.165, 1.54) is 22.7 Å². The number of carbonyl (C=O) groups is 1. The molecule has 13 heteroatoms. The maximum atomic E-state index is 13.3. The number of amides is 1. The monoisotopic (exact) mass is 780 g/mol. The fourth-order valence-electron chi connectivity index (χ4n) is 5.62. The topological polar surface area (TPSA) is 118 Å². The summed E-state index contributed by atoms with van der Waals surface area (Å²) >= 11 is 2.90. The number of unbranched alkanes of at least 4 members (excludes halogenated alkanes) is 1. The molecule has 0 fully saturated rings. The first kappa shape index (κ1) is 46.2. The summed E-state index contributed by atoms with van der Waals surface area (Å²) in [5.41, 5.74) is 2.57. The van der Waals surface area contributed by atoms with Crippen LogP contribution in [0.5, 0.6) is 0 Å². The van der Waals surface area contributed by atoms with Crippen molar-refractivity contribution in [3.8, 4) is 0 Å². The zero-order valence-corrected chi connectivity index (χ0v) is 35.3. The average Bonchev–Trinajstić information content (AvgIpc) is 3.82. The lowest BCUT2D eigenvalue weighted by Gasteiger charge is -2.23. The lowest BCUT2D eigenvalue weighted by Crippen LogP contribution is -2.28. The SMILES string of the molecule is C=C/C(=C\C)C(COC(=C)CCN(CC)CC)C(=C)Nc1nnc(CCCCc2nnc(NC(=O)C(COC(=C)CCN(CC)CC)/C(C=C)=C/C)s2)s1. The quantitative estimate of drug-likeness (QED) is 0.0453. The van der Waals surface area contributed by atoms with Gasteiger partial charge in [-0.25, -0.2) is 0 Å². The molecule has 0 bridgehead atoms. The van der Waals surface area contributed by atoms with Gasteiger partial charge in [0.05, 0.1) is 30.0 Å². The van der Waals surface area contributed by atoms with E-state index in [0.29, 0.717) is 29.0 Å². The van der Waals surface area contributed by atoms with Crippen LogP contribution in [0.3, 0.4) is 0 Å². The predicted molar refractivity (Wildman–Crippen MR) is 228 cm³/mol. The summed E-state index contributed by atoms with van der Waals surface area (Å²) in [6.07, 6.45) is 12.2. The first-order chi connectivity index (χ1) is 26.0. The molecule has 298 valence electrons. The third kappa shape index (κ3) is 16.2. The highest BCUT2D eigenvalue weighted by Crippen LogP contribution is 2.27. The van der Waals surface area contributed by atoms with E-state index in [4.69, 9.17) is 9.47 Å². The maximum Gasteiger partial charge on any atom is 0.237 e. The van der Waals surface area contributed by atoms with Crippen LogP contribution in [0.1, 0.15) is 77.2 Å². The van der Waals surface area contributed by atoms with E-state index >= 15 is 0 Å². The van der Waals surface area contributed by atoms with E-state index in [2.05, 4.69) is 101 Å². The molecule has 1 amide bonds. The molecule has 2 N–H and O–H groups in total. The average molecular weight is 781 g/mol. The van der Waals surface area contributed by atoms with Crippen molar-refractivity contribution < 1.29 is 14.3 Å². The summed E-state index contributed by atoms with van der Waals surface area (Å²) in [5, 5.41) is 26.6. The molecule has 2 rings (SSSR count). The summed E-state index contributed by atoms with van der Waals surface area (Å²) in [6.45, 7) is 39.2. The smallest absolute Gasteiger partial charge is 0.237 e. The van der Waals surface area contributed by atoms with Crippen molar-refractivity contribution in [3.05, 3.63) is 95.6 Å². The third-order valence-corrected chi connectivity index (χ3v) is 11.1. The van der Waals surface area contributed by atoms with Crippen LogP contribution in [0.2, 0.25) is 0 Å².